The van der Waals surface area contributed by atoms with Gasteiger partial charge in [0, 0.05) is 22.0 Å². The van der Waals surface area contributed by atoms with Crippen LogP contribution in [0, 0.1) is 0 Å². The molecule has 0 aliphatic rings. The molecular formula is C6HBr4S2+. The zero-order valence-corrected chi connectivity index (χ0v) is 13.4. The van der Waals surface area contributed by atoms with Crippen LogP contribution in [-0.2, 0) is 0 Å². The molecule has 6 heteroatoms. The van der Waals surface area contributed by atoms with Crippen molar-refractivity contribution in [2.45, 2.75) is 0 Å². The minimum absolute atomic E-state index is 0.0405. The van der Waals surface area contributed by atoms with Gasteiger partial charge in [0.15, 0.2) is 0 Å². The largest absolute Gasteiger partial charge is 0.270 e. The fraction of sp³-hybridized carbons (Fsp3) is 0. The van der Waals surface area contributed by atoms with Crippen LogP contribution in [0.3, 0.4) is 0 Å². The molecule has 2 aromatic rings. The smallest absolute Gasteiger partial charge is 0.121 e. The highest BCUT2D eigenvalue weighted by Gasteiger charge is 2.23. The Morgan fingerprint density at radius 1 is 1.25 bits per heavy atom. The van der Waals surface area contributed by atoms with Crippen LogP contribution < -0.4 is 0 Å². The maximum Gasteiger partial charge on any atom is 0.270 e. The first-order chi connectivity index (χ1) is 5.61. The quantitative estimate of drug-likeness (QED) is 0.420. The molecular weight excluding hydrogens is 456 g/mol. The highest BCUT2D eigenvalue weighted by Crippen LogP contribution is 2.53. The summed E-state index contributed by atoms with van der Waals surface area (Å²) in [6.45, 7) is 0. The van der Waals surface area contributed by atoms with E-state index in [1.165, 1.54) is 21.4 Å². The Kier molecular flexibility index (Phi) is 3.05. The summed E-state index contributed by atoms with van der Waals surface area (Å²) in [6.07, 6.45) is 0. The number of rotatable bonds is 0. The number of hydrogen-bond acceptors (Lipinski definition) is 1. The lowest BCUT2D eigenvalue weighted by Crippen LogP contribution is -1.52. The Morgan fingerprint density at radius 2 is 1.92 bits per heavy atom. The summed E-state index contributed by atoms with van der Waals surface area (Å²) in [5.41, 5.74) is 0. The minimum atomic E-state index is 0.0405. The molecule has 0 saturated carbocycles. The van der Waals surface area contributed by atoms with Crippen LogP contribution in [0.2, 0.25) is 0 Å². The van der Waals surface area contributed by atoms with Crippen LogP contribution in [0.1, 0.15) is 0 Å². The van der Waals surface area contributed by atoms with Gasteiger partial charge in [-0.1, -0.05) is 0 Å². The van der Waals surface area contributed by atoms with E-state index in [0.29, 0.717) is 0 Å². The molecule has 0 bridgehead atoms. The van der Waals surface area contributed by atoms with Crippen LogP contribution in [0.25, 0.3) is 9.40 Å². The highest BCUT2D eigenvalue weighted by atomic mass is 79.9. The van der Waals surface area contributed by atoms with Gasteiger partial charge in [-0.3, -0.25) is 0 Å². The van der Waals surface area contributed by atoms with Crippen molar-refractivity contribution in [1.82, 2.24) is 0 Å². The molecule has 12 heavy (non-hydrogen) atoms. The molecule has 0 aliphatic carbocycles. The second-order valence-electron chi connectivity index (χ2n) is 2.09. The molecule has 0 fully saturated rings. The zero-order chi connectivity index (χ0) is 8.88. The van der Waals surface area contributed by atoms with Crippen molar-refractivity contribution in [2.75, 3.05) is 0 Å². The monoisotopic (exact) mass is 453 g/mol. The zero-order valence-electron chi connectivity index (χ0n) is 5.41. The van der Waals surface area contributed by atoms with Crippen molar-refractivity contribution < 1.29 is 0 Å². The lowest BCUT2D eigenvalue weighted by atomic mass is 10.5. The molecule has 2 rings (SSSR count). The normalized spacial score (nSPS) is 12.8. The van der Waals surface area contributed by atoms with Gasteiger partial charge in [-0.05, 0) is 31.9 Å². The third-order valence-corrected chi connectivity index (χ3v) is 10.9. The van der Waals surface area contributed by atoms with Crippen LogP contribution in [-0.4, -0.2) is 0 Å². The predicted molar refractivity (Wildman–Crippen MR) is 71.7 cm³/mol. The number of halogens is 4. The molecule has 2 aromatic heterocycles. The van der Waals surface area contributed by atoms with Crippen molar-refractivity contribution >= 4 is 92.2 Å². The van der Waals surface area contributed by atoms with E-state index >= 15 is 0 Å². The Bertz CT molecular complexity index is 404. The van der Waals surface area contributed by atoms with Crippen molar-refractivity contribution in [3.8, 4) is 0 Å². The van der Waals surface area contributed by atoms with E-state index in [9.17, 15) is 0 Å². The summed E-state index contributed by atoms with van der Waals surface area (Å²) in [6, 6.07) is 2.16. The standard InChI is InChI=1S/C6HBr4S2/c7-3-1-2-5(12(3)10)4(8)6(9)11-2/h1H/q+1. The van der Waals surface area contributed by atoms with E-state index in [1.807, 2.05) is 0 Å². The first kappa shape index (κ1) is 10.1. The fourth-order valence-corrected chi connectivity index (χ4v) is 8.14. The molecule has 0 radical (unpaired) electrons. The van der Waals surface area contributed by atoms with Crippen LogP contribution >= 0.6 is 82.8 Å². The molecule has 0 aliphatic heterocycles. The summed E-state index contributed by atoms with van der Waals surface area (Å²) in [7, 11) is 0.0405. The summed E-state index contributed by atoms with van der Waals surface area (Å²) < 4.78 is 6.23. The number of hydrogen-bond donors (Lipinski definition) is 0. The lowest BCUT2D eigenvalue weighted by molar-refractivity contribution is 1.98. The second-order valence-corrected chi connectivity index (χ2v) is 9.93. The topological polar surface area (TPSA) is 0 Å². The van der Waals surface area contributed by atoms with E-state index in [4.69, 9.17) is 0 Å². The van der Waals surface area contributed by atoms with Crippen molar-refractivity contribution in [2.24, 2.45) is 0 Å². The first-order valence-corrected chi connectivity index (χ1v) is 9.13. The lowest BCUT2D eigenvalue weighted by Gasteiger charge is -1.79. The highest BCUT2D eigenvalue weighted by molar-refractivity contribution is 9.36. The van der Waals surface area contributed by atoms with Gasteiger partial charge in [-0.2, -0.15) is 0 Å². The molecule has 1 unspecified atom stereocenters. The molecule has 0 aromatic carbocycles. The van der Waals surface area contributed by atoms with Crippen molar-refractivity contribution in [3.63, 3.8) is 0 Å². The first-order valence-electron chi connectivity index (χ1n) is 2.87. The van der Waals surface area contributed by atoms with Gasteiger partial charge in [0.25, 0.3) is 14.8 Å². The molecule has 64 valence electrons. The maximum atomic E-state index is 3.63. The molecule has 0 nitrogen and oxygen atoms in total. The molecule has 2 heterocycles. The van der Waals surface area contributed by atoms with Crippen LogP contribution in [0.4, 0.5) is 0 Å². The van der Waals surface area contributed by atoms with E-state index in [2.05, 4.69) is 68.7 Å². The van der Waals surface area contributed by atoms with Gasteiger partial charge in [0.1, 0.15) is 4.47 Å². The van der Waals surface area contributed by atoms with Gasteiger partial charge in [0.2, 0.25) is 8.49 Å². The van der Waals surface area contributed by atoms with Crippen molar-refractivity contribution in [1.29, 1.82) is 0 Å². The third kappa shape index (κ3) is 1.48. The van der Waals surface area contributed by atoms with Gasteiger partial charge in [-0.15, -0.1) is 11.3 Å². The summed E-state index contributed by atoms with van der Waals surface area (Å²) in [5, 5.41) is 0. The Morgan fingerprint density at radius 3 is 2.50 bits per heavy atom. The average Bonchev–Trinajstić information content (AvgIpc) is 2.40. The van der Waals surface area contributed by atoms with Crippen LogP contribution in [0.5, 0.6) is 0 Å². The maximum absolute atomic E-state index is 3.63. The molecule has 1 atom stereocenters. The summed E-state index contributed by atoms with van der Waals surface area (Å²) in [5.74, 6) is 0. The van der Waals surface area contributed by atoms with E-state index in [-0.39, 0.29) is 8.90 Å². The SMILES string of the molecule is Brc1sc2cc(Br)[s+](Br)c2c1Br. The third-order valence-electron chi connectivity index (χ3n) is 1.39. The Hall–Kier alpha value is 1.58. The van der Waals surface area contributed by atoms with E-state index in [0.717, 1.165) is 0 Å². The molecule has 0 spiro atoms. The molecule has 0 saturated heterocycles. The van der Waals surface area contributed by atoms with Gasteiger partial charge in [-0.25, -0.2) is 0 Å². The Labute approximate surface area is 109 Å². The van der Waals surface area contributed by atoms with Crippen molar-refractivity contribution in [3.05, 3.63) is 18.1 Å². The van der Waals surface area contributed by atoms with Gasteiger partial charge >= 0.3 is 0 Å². The number of fused-ring (bicyclic) bond motifs is 1. The minimum Gasteiger partial charge on any atom is -0.121 e. The van der Waals surface area contributed by atoms with Gasteiger partial charge < -0.3 is 0 Å². The van der Waals surface area contributed by atoms with E-state index < -0.39 is 0 Å². The van der Waals surface area contributed by atoms with E-state index in [1.54, 1.807) is 11.3 Å². The molecule has 0 N–H and O–H groups in total. The summed E-state index contributed by atoms with van der Waals surface area (Å²) >= 11 is 16.0. The average molecular weight is 457 g/mol. The summed E-state index contributed by atoms with van der Waals surface area (Å²) in [4.78, 5) is 0. The van der Waals surface area contributed by atoms with Gasteiger partial charge in [0.05, 0.1) is 17.4 Å². The number of thiophene rings is 2. The van der Waals surface area contributed by atoms with Crippen LogP contribution in [0.15, 0.2) is 18.1 Å². The molecule has 0 amide bonds. The predicted octanol–water partition coefficient (Wildman–Crippen LogP) is 6.10. The second kappa shape index (κ2) is 3.62. The fourth-order valence-electron chi connectivity index (χ4n) is 0.899. The Balaban J connectivity index is 2.94.